The Balaban J connectivity index is 2.00. The molecule has 0 radical (unpaired) electrons. The van der Waals surface area contributed by atoms with Crippen molar-refractivity contribution in [3.05, 3.63) is 12.1 Å². The van der Waals surface area contributed by atoms with Gasteiger partial charge in [0.25, 0.3) is 0 Å². The predicted molar refractivity (Wildman–Crippen MR) is 60.6 cm³/mol. The maximum absolute atomic E-state index is 5.74. The molecule has 4 heteroatoms. The highest BCUT2D eigenvalue weighted by Gasteiger charge is 2.15. The lowest BCUT2D eigenvalue weighted by molar-refractivity contribution is 0.149. The lowest BCUT2D eigenvalue weighted by atomic mass is 9.98. The van der Waals surface area contributed by atoms with Gasteiger partial charge in [-0.05, 0) is 31.7 Å². The summed E-state index contributed by atoms with van der Waals surface area (Å²) in [5, 5.41) is 0. The molecule has 0 unspecified atom stereocenters. The molecule has 2 rings (SSSR count). The number of anilines is 2. The molecule has 1 aromatic heterocycles. The van der Waals surface area contributed by atoms with E-state index < -0.39 is 0 Å². The van der Waals surface area contributed by atoms with Crippen LogP contribution in [0.5, 0.6) is 5.88 Å². The standard InChI is InChI=1S/C11H17N3O/c12-9-6-7-10(14-11(9)13)15-8-4-2-1-3-5-8/h6-8H,1-5,12H2,(H2,13,14). The Hall–Kier alpha value is -1.45. The van der Waals surface area contributed by atoms with Crippen LogP contribution in [0.3, 0.4) is 0 Å². The van der Waals surface area contributed by atoms with Gasteiger partial charge in [0.15, 0.2) is 5.82 Å². The van der Waals surface area contributed by atoms with Gasteiger partial charge in [0.2, 0.25) is 5.88 Å². The Morgan fingerprint density at radius 2 is 1.87 bits per heavy atom. The van der Waals surface area contributed by atoms with Crippen LogP contribution in [0.1, 0.15) is 32.1 Å². The monoisotopic (exact) mass is 207 g/mol. The summed E-state index contributed by atoms with van der Waals surface area (Å²) in [7, 11) is 0. The first-order valence-electron chi connectivity index (χ1n) is 5.44. The maximum Gasteiger partial charge on any atom is 0.215 e. The smallest absolute Gasteiger partial charge is 0.215 e. The van der Waals surface area contributed by atoms with Crippen molar-refractivity contribution in [2.24, 2.45) is 0 Å². The van der Waals surface area contributed by atoms with Crippen LogP contribution >= 0.6 is 0 Å². The fraction of sp³-hybridized carbons (Fsp3) is 0.545. The fourth-order valence-corrected chi connectivity index (χ4v) is 1.89. The molecule has 0 aromatic carbocycles. The van der Waals surface area contributed by atoms with E-state index >= 15 is 0 Å². The molecule has 1 aliphatic carbocycles. The quantitative estimate of drug-likeness (QED) is 0.777. The van der Waals surface area contributed by atoms with Gasteiger partial charge in [-0.15, -0.1) is 0 Å². The van der Waals surface area contributed by atoms with Crippen molar-refractivity contribution in [3.8, 4) is 5.88 Å². The van der Waals surface area contributed by atoms with Crippen LogP contribution in [-0.2, 0) is 0 Å². The van der Waals surface area contributed by atoms with Crippen molar-refractivity contribution in [1.82, 2.24) is 4.98 Å². The molecule has 4 nitrogen and oxygen atoms in total. The summed E-state index contributed by atoms with van der Waals surface area (Å²) < 4.78 is 5.74. The van der Waals surface area contributed by atoms with Crippen LogP contribution in [-0.4, -0.2) is 11.1 Å². The van der Waals surface area contributed by atoms with Crippen LogP contribution in [0, 0.1) is 0 Å². The molecule has 4 N–H and O–H groups in total. The largest absolute Gasteiger partial charge is 0.474 e. The highest BCUT2D eigenvalue weighted by Crippen LogP contribution is 2.23. The van der Waals surface area contributed by atoms with E-state index in [1.165, 1.54) is 19.3 Å². The van der Waals surface area contributed by atoms with E-state index in [9.17, 15) is 0 Å². The third kappa shape index (κ3) is 2.52. The molecule has 1 aromatic rings. The number of aromatic nitrogens is 1. The Morgan fingerprint density at radius 3 is 2.53 bits per heavy atom. The molecule has 15 heavy (non-hydrogen) atoms. The van der Waals surface area contributed by atoms with Gasteiger partial charge in [-0.3, -0.25) is 0 Å². The highest BCUT2D eigenvalue weighted by atomic mass is 16.5. The molecule has 1 saturated carbocycles. The van der Waals surface area contributed by atoms with Crippen LogP contribution in [0.25, 0.3) is 0 Å². The minimum Gasteiger partial charge on any atom is -0.474 e. The lowest BCUT2D eigenvalue weighted by Crippen LogP contribution is -2.20. The van der Waals surface area contributed by atoms with Crippen LogP contribution in [0.4, 0.5) is 11.5 Å². The van der Waals surface area contributed by atoms with Crippen LogP contribution in [0.15, 0.2) is 12.1 Å². The number of hydrogen-bond acceptors (Lipinski definition) is 4. The van der Waals surface area contributed by atoms with Crippen LogP contribution < -0.4 is 16.2 Å². The van der Waals surface area contributed by atoms with Crippen molar-refractivity contribution in [3.63, 3.8) is 0 Å². The van der Waals surface area contributed by atoms with E-state index in [2.05, 4.69) is 4.98 Å². The number of nitrogen functional groups attached to an aromatic ring is 2. The zero-order valence-corrected chi connectivity index (χ0v) is 8.78. The van der Waals surface area contributed by atoms with Crippen molar-refractivity contribution >= 4 is 11.5 Å². The number of pyridine rings is 1. The normalized spacial score (nSPS) is 17.6. The number of rotatable bonds is 2. The Labute approximate surface area is 89.6 Å². The first kappa shape index (κ1) is 10.1. The average Bonchev–Trinajstić information content (AvgIpc) is 2.25. The molecule has 0 aliphatic heterocycles. The SMILES string of the molecule is Nc1ccc(OC2CCCCC2)nc1N. The molecule has 0 bridgehead atoms. The summed E-state index contributed by atoms with van der Waals surface area (Å²) in [6.45, 7) is 0. The molecule has 0 amide bonds. The Morgan fingerprint density at radius 1 is 1.13 bits per heavy atom. The minimum absolute atomic E-state index is 0.300. The molecule has 0 spiro atoms. The summed E-state index contributed by atoms with van der Waals surface area (Å²) >= 11 is 0. The van der Waals surface area contributed by atoms with E-state index in [-0.39, 0.29) is 0 Å². The molecule has 1 fully saturated rings. The van der Waals surface area contributed by atoms with E-state index in [1.807, 2.05) is 0 Å². The van der Waals surface area contributed by atoms with E-state index in [4.69, 9.17) is 16.2 Å². The Bertz CT molecular complexity index is 335. The number of nitrogens with zero attached hydrogens (tertiary/aromatic N) is 1. The highest BCUT2D eigenvalue weighted by molar-refractivity contribution is 5.58. The first-order chi connectivity index (χ1) is 7.25. The number of nitrogens with two attached hydrogens (primary N) is 2. The molecule has 1 heterocycles. The minimum atomic E-state index is 0.300. The molecule has 82 valence electrons. The second kappa shape index (κ2) is 4.38. The molecule has 1 aliphatic rings. The first-order valence-corrected chi connectivity index (χ1v) is 5.44. The average molecular weight is 207 g/mol. The summed E-state index contributed by atoms with van der Waals surface area (Å²) in [6, 6.07) is 3.51. The van der Waals surface area contributed by atoms with Gasteiger partial charge in [0.1, 0.15) is 6.10 Å². The van der Waals surface area contributed by atoms with E-state index in [1.54, 1.807) is 12.1 Å². The van der Waals surface area contributed by atoms with E-state index in [0.29, 0.717) is 23.5 Å². The van der Waals surface area contributed by atoms with Gasteiger partial charge in [-0.2, -0.15) is 4.98 Å². The van der Waals surface area contributed by atoms with Crippen molar-refractivity contribution < 1.29 is 4.74 Å². The fourth-order valence-electron chi connectivity index (χ4n) is 1.89. The van der Waals surface area contributed by atoms with E-state index in [0.717, 1.165) is 12.8 Å². The van der Waals surface area contributed by atoms with Gasteiger partial charge in [-0.25, -0.2) is 0 Å². The molecule has 0 saturated heterocycles. The molecular weight excluding hydrogens is 190 g/mol. The molecule has 0 atom stereocenters. The summed E-state index contributed by atoms with van der Waals surface area (Å²) in [6.07, 6.45) is 6.34. The second-order valence-corrected chi connectivity index (χ2v) is 4.00. The number of ether oxygens (including phenoxy) is 1. The topological polar surface area (TPSA) is 74.2 Å². The van der Waals surface area contributed by atoms with Crippen LogP contribution in [0.2, 0.25) is 0 Å². The van der Waals surface area contributed by atoms with Crippen molar-refractivity contribution in [2.75, 3.05) is 11.5 Å². The maximum atomic E-state index is 5.74. The predicted octanol–water partition coefficient (Wildman–Crippen LogP) is 1.96. The molecular formula is C11H17N3O. The van der Waals surface area contributed by atoms with Crippen molar-refractivity contribution in [2.45, 2.75) is 38.2 Å². The number of hydrogen-bond donors (Lipinski definition) is 2. The summed E-state index contributed by atoms with van der Waals surface area (Å²) in [5.74, 6) is 0.942. The van der Waals surface area contributed by atoms with Crippen molar-refractivity contribution in [1.29, 1.82) is 0 Å². The lowest BCUT2D eigenvalue weighted by Gasteiger charge is -2.22. The van der Waals surface area contributed by atoms with Gasteiger partial charge >= 0.3 is 0 Å². The zero-order valence-electron chi connectivity index (χ0n) is 8.78. The third-order valence-corrected chi connectivity index (χ3v) is 2.77. The van der Waals surface area contributed by atoms with Gasteiger partial charge in [0.05, 0.1) is 5.69 Å². The zero-order chi connectivity index (χ0) is 10.7. The third-order valence-electron chi connectivity index (χ3n) is 2.77. The van der Waals surface area contributed by atoms with Gasteiger partial charge in [-0.1, -0.05) is 6.42 Å². The Kier molecular flexibility index (Phi) is 2.94. The second-order valence-electron chi connectivity index (χ2n) is 4.00. The van der Waals surface area contributed by atoms with Gasteiger partial charge in [0, 0.05) is 6.07 Å². The summed E-state index contributed by atoms with van der Waals surface area (Å²) in [4.78, 5) is 4.10. The summed E-state index contributed by atoms with van der Waals surface area (Å²) in [5.41, 5.74) is 11.7. The van der Waals surface area contributed by atoms with Gasteiger partial charge < -0.3 is 16.2 Å².